The maximum atomic E-state index is 3.03. The van der Waals surface area contributed by atoms with E-state index in [2.05, 4.69) is 12.3 Å². The van der Waals surface area contributed by atoms with Gasteiger partial charge in [-0.3, -0.25) is 0 Å². The summed E-state index contributed by atoms with van der Waals surface area (Å²) in [5.41, 5.74) is 3.03. The first-order chi connectivity index (χ1) is 2.30. The summed E-state index contributed by atoms with van der Waals surface area (Å²) in [6, 6.07) is 0. The van der Waals surface area contributed by atoms with Crippen LogP contribution in [0.2, 0.25) is 0 Å². The Morgan fingerprint density at radius 3 is 2.00 bits per heavy atom. The highest BCUT2D eigenvalue weighted by Crippen LogP contribution is 1.99. The fourth-order valence-corrected chi connectivity index (χ4v) is 0.261. The zero-order valence-electron chi connectivity index (χ0n) is 3.52. The van der Waals surface area contributed by atoms with Gasteiger partial charge in [-0.1, -0.05) is 0 Å². The van der Waals surface area contributed by atoms with Crippen LogP contribution in [0.15, 0.2) is 0 Å². The van der Waals surface area contributed by atoms with Crippen LogP contribution in [0.5, 0.6) is 0 Å². The van der Waals surface area contributed by atoms with Crippen LogP contribution in [0, 0.1) is 0 Å². The van der Waals surface area contributed by atoms with E-state index in [1.54, 1.807) is 0 Å². The molecule has 1 heterocycles. The van der Waals surface area contributed by atoms with Crippen molar-refractivity contribution < 1.29 is 0 Å². The lowest BCUT2D eigenvalue weighted by atomic mass is 10.7. The molecule has 0 saturated carbocycles. The topological polar surface area (TPSA) is 25.0 Å². The van der Waals surface area contributed by atoms with Crippen molar-refractivity contribution in [3.05, 3.63) is 0 Å². The minimum atomic E-state index is 0.634. The Morgan fingerprint density at radius 1 is 1.80 bits per heavy atom. The van der Waals surface area contributed by atoms with Crippen LogP contribution < -0.4 is 5.43 Å². The molecule has 0 amide bonds. The minimum absolute atomic E-state index is 0.634. The molecule has 0 aromatic rings. The zero-order chi connectivity index (χ0) is 3.86. The summed E-state index contributed by atoms with van der Waals surface area (Å²) in [5.74, 6) is 0. The van der Waals surface area contributed by atoms with Crippen LogP contribution in [0.3, 0.4) is 0 Å². The number of nitrogens with one attached hydrogen (secondary N) is 1. The highest BCUT2D eigenvalue weighted by atomic mass is 15.7. The van der Waals surface area contributed by atoms with E-state index in [-0.39, 0.29) is 0 Å². The normalized spacial score (nSPS) is 49.2. The van der Waals surface area contributed by atoms with Crippen LogP contribution in [0.1, 0.15) is 6.92 Å². The van der Waals surface area contributed by atoms with Crippen LogP contribution in [0.4, 0.5) is 0 Å². The summed E-state index contributed by atoms with van der Waals surface area (Å²) in [6.07, 6.45) is 0.634. The summed E-state index contributed by atoms with van der Waals surface area (Å²) >= 11 is 0. The van der Waals surface area contributed by atoms with Gasteiger partial charge in [0.25, 0.3) is 0 Å². The number of hydrazine groups is 1. The van der Waals surface area contributed by atoms with Gasteiger partial charge >= 0.3 is 0 Å². The molecule has 0 aromatic carbocycles. The van der Waals surface area contributed by atoms with Crippen molar-refractivity contribution >= 4 is 0 Å². The van der Waals surface area contributed by atoms with Crippen LogP contribution in [-0.2, 0) is 0 Å². The molecule has 1 aliphatic heterocycles. The molecular formula is C3H8N2. The third kappa shape index (κ3) is 0.412. The van der Waals surface area contributed by atoms with E-state index in [9.17, 15) is 0 Å². The van der Waals surface area contributed by atoms with Crippen molar-refractivity contribution in [2.75, 3.05) is 7.05 Å². The Morgan fingerprint density at radius 2 is 2.00 bits per heavy atom. The molecule has 0 spiro atoms. The Balaban J connectivity index is 2.20. The molecule has 5 heavy (non-hydrogen) atoms. The number of hydrogen-bond acceptors (Lipinski definition) is 2. The van der Waals surface area contributed by atoms with Gasteiger partial charge in [-0.05, 0) is 6.92 Å². The number of rotatable bonds is 0. The van der Waals surface area contributed by atoms with Gasteiger partial charge < -0.3 is 0 Å². The molecule has 1 aliphatic rings. The third-order valence-corrected chi connectivity index (χ3v) is 0.904. The summed E-state index contributed by atoms with van der Waals surface area (Å²) in [7, 11) is 2.02. The SMILES string of the molecule is CC1NN1C. The molecule has 0 radical (unpaired) electrons. The maximum absolute atomic E-state index is 3.03. The van der Waals surface area contributed by atoms with E-state index in [1.165, 1.54) is 0 Å². The molecule has 0 aromatic heterocycles. The lowest BCUT2D eigenvalue weighted by Gasteiger charge is -1.70. The number of nitrogens with zero attached hydrogens (tertiary/aromatic N) is 1. The second-order valence-electron chi connectivity index (χ2n) is 1.42. The van der Waals surface area contributed by atoms with Crippen molar-refractivity contribution in [1.29, 1.82) is 0 Å². The predicted octanol–water partition coefficient (Wildman–Crippen LogP) is -0.218. The predicted molar refractivity (Wildman–Crippen MR) is 20.4 cm³/mol. The molecule has 0 bridgehead atoms. The van der Waals surface area contributed by atoms with Crippen molar-refractivity contribution in [3.63, 3.8) is 0 Å². The molecule has 1 N–H and O–H groups in total. The van der Waals surface area contributed by atoms with Crippen molar-refractivity contribution in [3.8, 4) is 0 Å². The fraction of sp³-hybridized carbons (Fsp3) is 1.00. The van der Waals surface area contributed by atoms with Crippen molar-refractivity contribution in [2.24, 2.45) is 0 Å². The average molecular weight is 72.1 g/mol. The quantitative estimate of drug-likeness (QED) is 0.400. The molecule has 2 nitrogen and oxygen atoms in total. The lowest BCUT2D eigenvalue weighted by Crippen LogP contribution is -1.85. The molecular weight excluding hydrogens is 64.0 g/mol. The zero-order valence-corrected chi connectivity index (χ0v) is 3.52. The lowest BCUT2D eigenvalue weighted by molar-refractivity contribution is 0.602. The molecule has 1 fully saturated rings. The summed E-state index contributed by atoms with van der Waals surface area (Å²) in [6.45, 7) is 2.11. The second kappa shape index (κ2) is 0.698. The van der Waals surface area contributed by atoms with Gasteiger partial charge in [0.15, 0.2) is 0 Å². The Hall–Kier alpha value is -0.0800. The smallest absolute Gasteiger partial charge is 0.0832 e. The molecule has 30 valence electrons. The van der Waals surface area contributed by atoms with Crippen molar-refractivity contribution in [2.45, 2.75) is 13.1 Å². The van der Waals surface area contributed by atoms with Crippen molar-refractivity contribution in [1.82, 2.24) is 10.4 Å². The third-order valence-electron chi connectivity index (χ3n) is 0.904. The Kier molecular flexibility index (Phi) is 0.436. The van der Waals surface area contributed by atoms with Gasteiger partial charge in [0.05, 0.1) is 6.17 Å². The first kappa shape index (κ1) is 3.12. The first-order valence-corrected chi connectivity index (χ1v) is 1.80. The largest absolute Gasteiger partial charge is 0.236 e. The highest BCUT2D eigenvalue weighted by molar-refractivity contribution is 4.65. The van der Waals surface area contributed by atoms with Gasteiger partial charge in [0, 0.05) is 7.05 Å². The number of hydrogen-bond donors (Lipinski definition) is 1. The monoisotopic (exact) mass is 72.1 g/mol. The second-order valence-corrected chi connectivity index (χ2v) is 1.42. The Bertz CT molecular complexity index is 38.2. The summed E-state index contributed by atoms with van der Waals surface area (Å²) in [4.78, 5) is 0. The van der Waals surface area contributed by atoms with E-state index < -0.39 is 0 Å². The molecule has 2 unspecified atom stereocenters. The molecule has 2 heteroatoms. The van der Waals surface area contributed by atoms with Crippen LogP contribution >= 0.6 is 0 Å². The van der Waals surface area contributed by atoms with E-state index in [1.807, 2.05) is 12.1 Å². The van der Waals surface area contributed by atoms with Gasteiger partial charge in [-0.15, -0.1) is 0 Å². The van der Waals surface area contributed by atoms with E-state index >= 15 is 0 Å². The van der Waals surface area contributed by atoms with Gasteiger partial charge in [-0.25, -0.2) is 10.4 Å². The minimum Gasteiger partial charge on any atom is -0.236 e. The van der Waals surface area contributed by atoms with Crippen LogP contribution in [-0.4, -0.2) is 18.2 Å². The molecule has 0 aliphatic carbocycles. The van der Waals surface area contributed by atoms with Gasteiger partial charge in [0.2, 0.25) is 0 Å². The average Bonchev–Trinajstić information content (AvgIpc) is 1.79. The Labute approximate surface area is 31.7 Å². The standard InChI is InChI=1S/C3H8N2/c1-3-4-5(3)2/h3-4H,1-2H3. The van der Waals surface area contributed by atoms with E-state index in [0.29, 0.717) is 6.17 Å². The first-order valence-electron chi connectivity index (χ1n) is 1.80. The highest BCUT2D eigenvalue weighted by Gasteiger charge is 2.21. The molecule has 1 rings (SSSR count). The van der Waals surface area contributed by atoms with E-state index in [4.69, 9.17) is 0 Å². The maximum Gasteiger partial charge on any atom is 0.0832 e. The van der Waals surface area contributed by atoms with Crippen LogP contribution in [0.25, 0.3) is 0 Å². The molecule has 2 atom stereocenters. The fourth-order valence-electron chi connectivity index (χ4n) is 0.261. The molecule has 1 saturated heterocycles. The van der Waals surface area contributed by atoms with Gasteiger partial charge in [-0.2, -0.15) is 0 Å². The summed E-state index contributed by atoms with van der Waals surface area (Å²) in [5, 5.41) is 2.04. The summed E-state index contributed by atoms with van der Waals surface area (Å²) < 4.78 is 0. The van der Waals surface area contributed by atoms with Gasteiger partial charge in [0.1, 0.15) is 0 Å². The van der Waals surface area contributed by atoms with E-state index in [0.717, 1.165) is 0 Å².